The summed E-state index contributed by atoms with van der Waals surface area (Å²) in [7, 11) is 0. The third-order valence-electron chi connectivity index (χ3n) is 2.13. The Hall–Kier alpha value is -1.84. The van der Waals surface area contributed by atoms with Crippen LogP contribution in [0.1, 0.15) is 18.1 Å². The van der Waals surface area contributed by atoms with Gasteiger partial charge >= 0.3 is 5.97 Å². The Bertz CT molecular complexity index is 388. The summed E-state index contributed by atoms with van der Waals surface area (Å²) in [6.45, 7) is 2.05. The fourth-order valence-corrected chi connectivity index (χ4v) is 1.45. The molecule has 0 aliphatic heterocycles. The molecule has 0 saturated heterocycles. The fourth-order valence-electron chi connectivity index (χ4n) is 1.45. The summed E-state index contributed by atoms with van der Waals surface area (Å²) in [5.41, 5.74) is 1.82. The lowest BCUT2D eigenvalue weighted by molar-refractivity contribution is -0.136. The van der Waals surface area contributed by atoms with Crippen LogP contribution in [0.15, 0.2) is 24.3 Å². The lowest BCUT2D eigenvalue weighted by Gasteiger charge is -2.04. The van der Waals surface area contributed by atoms with Crippen LogP contribution in [0.4, 0.5) is 0 Å². The summed E-state index contributed by atoms with van der Waals surface area (Å²) in [5, 5.41) is 11.3. The first-order valence-corrected chi connectivity index (χ1v) is 5.12. The van der Waals surface area contributed by atoms with Crippen molar-refractivity contribution < 1.29 is 14.7 Å². The minimum Gasteiger partial charge on any atom is -0.481 e. The zero-order chi connectivity index (χ0) is 12.0. The summed E-state index contributed by atoms with van der Waals surface area (Å²) in [6.07, 6.45) is 0.751. The van der Waals surface area contributed by atoms with E-state index in [9.17, 15) is 9.59 Å². The van der Waals surface area contributed by atoms with Crippen molar-refractivity contribution in [1.82, 2.24) is 5.32 Å². The topological polar surface area (TPSA) is 66.4 Å². The van der Waals surface area contributed by atoms with Crippen molar-refractivity contribution in [3.63, 3.8) is 0 Å². The van der Waals surface area contributed by atoms with Crippen LogP contribution in [0.3, 0.4) is 0 Å². The molecule has 2 N–H and O–H groups in total. The van der Waals surface area contributed by atoms with Gasteiger partial charge in [-0.2, -0.15) is 0 Å². The Labute approximate surface area is 94.3 Å². The molecule has 1 aromatic carbocycles. The van der Waals surface area contributed by atoms with Crippen LogP contribution in [0.2, 0.25) is 0 Å². The van der Waals surface area contributed by atoms with E-state index in [4.69, 9.17) is 5.11 Å². The number of rotatable bonds is 5. The zero-order valence-corrected chi connectivity index (χ0v) is 9.19. The second-order valence-corrected chi connectivity index (χ2v) is 3.62. The van der Waals surface area contributed by atoms with Crippen LogP contribution in [-0.2, 0) is 22.4 Å². The van der Waals surface area contributed by atoms with E-state index >= 15 is 0 Å². The van der Waals surface area contributed by atoms with E-state index in [2.05, 4.69) is 5.32 Å². The number of amides is 1. The summed E-state index contributed by atoms with van der Waals surface area (Å²) in [4.78, 5) is 21.2. The Balaban J connectivity index is 2.53. The van der Waals surface area contributed by atoms with Crippen molar-refractivity contribution in [3.05, 3.63) is 35.4 Å². The quantitative estimate of drug-likeness (QED) is 0.779. The Morgan fingerprint density at radius 3 is 2.62 bits per heavy atom. The second kappa shape index (κ2) is 5.90. The van der Waals surface area contributed by atoms with Gasteiger partial charge in [0.1, 0.15) is 0 Å². The molecule has 4 nitrogen and oxygen atoms in total. The Morgan fingerprint density at radius 1 is 1.31 bits per heavy atom. The van der Waals surface area contributed by atoms with Crippen molar-refractivity contribution in [1.29, 1.82) is 0 Å². The van der Waals surface area contributed by atoms with E-state index in [1.807, 2.05) is 18.2 Å². The van der Waals surface area contributed by atoms with Crippen LogP contribution in [0.25, 0.3) is 0 Å². The number of carbonyl (C=O) groups excluding carboxylic acids is 1. The van der Waals surface area contributed by atoms with Crippen LogP contribution in [0.5, 0.6) is 0 Å². The minimum absolute atomic E-state index is 0.0357. The predicted molar refractivity (Wildman–Crippen MR) is 60.2 cm³/mol. The molecule has 0 aliphatic rings. The second-order valence-electron chi connectivity index (χ2n) is 3.62. The van der Waals surface area contributed by atoms with Crippen molar-refractivity contribution >= 4 is 11.9 Å². The molecular formula is C12H15NO3. The molecule has 0 aliphatic carbocycles. The molecule has 86 valence electrons. The predicted octanol–water partition coefficient (Wildman–Crippen LogP) is 0.992. The lowest BCUT2D eigenvalue weighted by atomic mass is 10.1. The maximum atomic E-state index is 10.7. The molecule has 0 bridgehead atoms. The van der Waals surface area contributed by atoms with Gasteiger partial charge in [-0.25, -0.2) is 0 Å². The van der Waals surface area contributed by atoms with E-state index < -0.39 is 5.97 Å². The largest absolute Gasteiger partial charge is 0.481 e. The smallest absolute Gasteiger partial charge is 0.307 e. The molecular weight excluding hydrogens is 206 g/mol. The van der Waals surface area contributed by atoms with Crippen molar-refractivity contribution in [3.8, 4) is 0 Å². The third kappa shape index (κ3) is 4.59. The molecule has 4 heteroatoms. The van der Waals surface area contributed by atoms with Crippen molar-refractivity contribution in [2.24, 2.45) is 0 Å². The highest BCUT2D eigenvalue weighted by Gasteiger charge is 2.01. The molecule has 0 fully saturated rings. The van der Waals surface area contributed by atoms with Crippen molar-refractivity contribution in [2.75, 3.05) is 6.54 Å². The number of aliphatic carboxylic acids is 1. The number of carboxylic acid groups (broad SMARTS) is 1. The number of carboxylic acids is 1. The van der Waals surface area contributed by atoms with E-state index in [0.717, 1.165) is 11.1 Å². The van der Waals surface area contributed by atoms with E-state index in [0.29, 0.717) is 13.0 Å². The SMILES string of the molecule is CC(=O)NCCc1cccc(CC(=O)O)c1. The van der Waals surface area contributed by atoms with Crippen LogP contribution in [0, 0.1) is 0 Å². The van der Waals surface area contributed by atoms with E-state index in [-0.39, 0.29) is 12.3 Å². The highest BCUT2D eigenvalue weighted by atomic mass is 16.4. The monoisotopic (exact) mass is 221 g/mol. The molecule has 1 amide bonds. The van der Waals surface area contributed by atoms with Gasteiger partial charge in [-0.05, 0) is 17.5 Å². The van der Waals surface area contributed by atoms with E-state index in [1.165, 1.54) is 6.92 Å². The number of hydrogen-bond acceptors (Lipinski definition) is 2. The van der Waals surface area contributed by atoms with Crippen molar-refractivity contribution in [2.45, 2.75) is 19.8 Å². The number of nitrogens with one attached hydrogen (secondary N) is 1. The van der Waals surface area contributed by atoms with Gasteiger partial charge in [-0.1, -0.05) is 24.3 Å². The maximum Gasteiger partial charge on any atom is 0.307 e. The molecule has 0 unspecified atom stereocenters. The highest BCUT2D eigenvalue weighted by molar-refractivity contribution is 5.72. The maximum absolute atomic E-state index is 10.7. The zero-order valence-electron chi connectivity index (χ0n) is 9.19. The molecule has 0 aromatic heterocycles. The number of carbonyl (C=O) groups is 2. The van der Waals surface area contributed by atoms with E-state index in [1.54, 1.807) is 6.07 Å². The normalized spacial score (nSPS) is 9.81. The molecule has 0 atom stereocenters. The standard InChI is InChI=1S/C12H15NO3/c1-9(14)13-6-5-10-3-2-4-11(7-10)8-12(15)16/h2-4,7H,5-6,8H2,1H3,(H,13,14)(H,15,16). The highest BCUT2D eigenvalue weighted by Crippen LogP contribution is 2.06. The summed E-state index contributed by atoms with van der Waals surface area (Å²) < 4.78 is 0. The van der Waals surface area contributed by atoms with Crippen LogP contribution in [-0.4, -0.2) is 23.5 Å². The average molecular weight is 221 g/mol. The Kier molecular flexibility index (Phi) is 4.51. The minimum atomic E-state index is -0.834. The number of hydrogen-bond donors (Lipinski definition) is 2. The molecule has 1 rings (SSSR count). The Morgan fingerprint density at radius 2 is 2.00 bits per heavy atom. The first kappa shape index (κ1) is 12.2. The van der Waals surface area contributed by atoms with Gasteiger partial charge in [-0.15, -0.1) is 0 Å². The van der Waals surface area contributed by atoms with Crippen LogP contribution >= 0.6 is 0 Å². The summed E-state index contributed by atoms with van der Waals surface area (Å²) >= 11 is 0. The van der Waals surface area contributed by atoms with Gasteiger partial charge in [0.25, 0.3) is 0 Å². The van der Waals surface area contributed by atoms with Crippen LogP contribution < -0.4 is 5.32 Å². The summed E-state index contributed by atoms with van der Waals surface area (Å²) in [5.74, 6) is -0.888. The molecule has 16 heavy (non-hydrogen) atoms. The first-order valence-electron chi connectivity index (χ1n) is 5.12. The van der Waals surface area contributed by atoms with Gasteiger partial charge in [0.15, 0.2) is 0 Å². The van der Waals surface area contributed by atoms with Gasteiger partial charge in [0.05, 0.1) is 6.42 Å². The van der Waals surface area contributed by atoms with Gasteiger partial charge in [0.2, 0.25) is 5.91 Å². The first-order chi connectivity index (χ1) is 7.58. The van der Waals surface area contributed by atoms with Gasteiger partial charge in [0, 0.05) is 13.5 Å². The molecule has 0 radical (unpaired) electrons. The summed E-state index contributed by atoms with van der Waals surface area (Å²) in [6, 6.07) is 7.40. The third-order valence-corrected chi connectivity index (χ3v) is 2.13. The fraction of sp³-hybridized carbons (Fsp3) is 0.333. The molecule has 0 heterocycles. The molecule has 1 aromatic rings. The molecule has 0 saturated carbocycles. The number of benzene rings is 1. The van der Waals surface area contributed by atoms with Gasteiger partial charge in [-0.3, -0.25) is 9.59 Å². The van der Waals surface area contributed by atoms with Gasteiger partial charge < -0.3 is 10.4 Å². The lowest BCUT2D eigenvalue weighted by Crippen LogP contribution is -2.22. The molecule has 0 spiro atoms. The average Bonchev–Trinajstić information content (AvgIpc) is 2.16.